The first-order chi connectivity index (χ1) is 14.1. The number of nitrogen functional groups attached to an aromatic ring is 1. The Bertz CT molecular complexity index is 1040. The van der Waals surface area contributed by atoms with Crippen molar-refractivity contribution in [2.45, 2.75) is 40.7 Å². The van der Waals surface area contributed by atoms with Gasteiger partial charge < -0.3 is 20.1 Å². The molecule has 2 N–H and O–H groups in total. The fraction of sp³-hybridized carbons (Fsp3) is 0.429. The van der Waals surface area contributed by atoms with E-state index in [0.29, 0.717) is 17.8 Å². The van der Waals surface area contributed by atoms with Gasteiger partial charge in [0.05, 0.1) is 5.41 Å². The van der Waals surface area contributed by atoms with Crippen molar-refractivity contribution in [2.24, 2.45) is 5.41 Å². The highest BCUT2D eigenvalue weighted by Gasteiger charge is 2.23. The highest BCUT2D eigenvalue weighted by molar-refractivity contribution is 5.78. The lowest BCUT2D eigenvalue weighted by Crippen LogP contribution is -2.24. The summed E-state index contributed by atoms with van der Waals surface area (Å²) < 4.78 is 12.9. The Morgan fingerprint density at radius 2 is 1.93 bits per heavy atom. The molecule has 2 heterocycles. The number of esters is 1. The predicted octanol–water partition coefficient (Wildman–Crippen LogP) is 2.60. The summed E-state index contributed by atoms with van der Waals surface area (Å²) in [5.74, 6) is 0.0274. The molecule has 3 rings (SSSR count). The normalized spacial score (nSPS) is 11.8. The largest absolute Gasteiger partial charge is 0.471 e. The molecule has 2 aromatic heterocycles. The molecule has 0 aliphatic rings. The molecule has 9 nitrogen and oxygen atoms in total. The Morgan fingerprint density at radius 1 is 1.20 bits per heavy atom. The summed E-state index contributed by atoms with van der Waals surface area (Å²) >= 11 is 0. The van der Waals surface area contributed by atoms with Gasteiger partial charge in [-0.2, -0.15) is 9.97 Å². The van der Waals surface area contributed by atoms with Crippen LogP contribution in [-0.2, 0) is 29.4 Å². The molecular formula is C21H28N6O3. The molecule has 0 saturated carbocycles. The number of hydrogen-bond acceptors (Lipinski definition) is 8. The number of carbonyl (C=O) groups excluding carboxylic acids is 1. The number of benzene rings is 1. The summed E-state index contributed by atoms with van der Waals surface area (Å²) in [5.41, 5.74) is 8.38. The predicted molar refractivity (Wildman–Crippen MR) is 113 cm³/mol. The number of fused-ring (bicyclic) bond motifs is 1. The van der Waals surface area contributed by atoms with E-state index in [-0.39, 0.29) is 24.5 Å². The number of nitrogens with two attached hydrogens (primary N) is 1. The van der Waals surface area contributed by atoms with Gasteiger partial charge in [0.2, 0.25) is 11.8 Å². The van der Waals surface area contributed by atoms with Crippen LogP contribution in [0.3, 0.4) is 0 Å². The van der Waals surface area contributed by atoms with E-state index in [1.807, 2.05) is 26.2 Å². The minimum Gasteiger partial charge on any atom is -0.471 e. The molecule has 0 fully saturated rings. The van der Waals surface area contributed by atoms with Crippen LogP contribution in [0.2, 0.25) is 0 Å². The van der Waals surface area contributed by atoms with Gasteiger partial charge in [-0.15, -0.1) is 0 Å². The first-order valence-corrected chi connectivity index (χ1v) is 9.64. The third-order valence-electron chi connectivity index (χ3n) is 4.26. The van der Waals surface area contributed by atoms with Crippen molar-refractivity contribution >= 4 is 23.1 Å². The first kappa shape index (κ1) is 21.5. The molecule has 0 aliphatic heterocycles. The second-order valence-electron chi connectivity index (χ2n) is 8.43. The van der Waals surface area contributed by atoms with Crippen LogP contribution >= 0.6 is 0 Å². The van der Waals surface area contributed by atoms with Gasteiger partial charge in [0.25, 0.3) is 0 Å². The Labute approximate surface area is 175 Å². The fourth-order valence-corrected chi connectivity index (χ4v) is 2.81. The van der Waals surface area contributed by atoms with E-state index in [0.717, 1.165) is 12.1 Å². The van der Waals surface area contributed by atoms with Gasteiger partial charge in [-0.1, -0.05) is 24.3 Å². The van der Waals surface area contributed by atoms with Gasteiger partial charge in [-0.05, 0) is 46.0 Å². The molecule has 9 heteroatoms. The molecule has 0 amide bonds. The molecule has 0 saturated heterocycles. The molecule has 160 valence electrons. The minimum atomic E-state index is -0.597. The summed E-state index contributed by atoms with van der Waals surface area (Å²) in [6.45, 7) is 6.52. The smallest absolute Gasteiger partial charge is 0.312 e. The number of carbonyl (C=O) groups is 1. The summed E-state index contributed by atoms with van der Waals surface area (Å²) in [6, 6.07) is 8.16. The van der Waals surface area contributed by atoms with Crippen molar-refractivity contribution in [1.82, 2.24) is 24.4 Å². The van der Waals surface area contributed by atoms with E-state index in [1.54, 1.807) is 25.3 Å². The SMILES string of the molecule is CN(C)Cc1cccc(COc2nc(N)nc3c2ncn3COC(=O)C(C)(C)C)c1. The molecule has 0 bridgehead atoms. The lowest BCUT2D eigenvalue weighted by atomic mass is 9.98. The summed E-state index contributed by atoms with van der Waals surface area (Å²) in [6.07, 6.45) is 1.53. The topological polar surface area (TPSA) is 108 Å². The van der Waals surface area contributed by atoms with Crippen LogP contribution in [0, 0.1) is 5.41 Å². The zero-order valence-electron chi connectivity index (χ0n) is 18.0. The minimum absolute atomic E-state index is 0.0188. The number of rotatable bonds is 7. The van der Waals surface area contributed by atoms with E-state index in [9.17, 15) is 4.79 Å². The van der Waals surface area contributed by atoms with Crippen molar-refractivity contribution in [2.75, 3.05) is 19.8 Å². The van der Waals surface area contributed by atoms with Crippen LogP contribution in [-0.4, -0.2) is 44.5 Å². The summed E-state index contributed by atoms with van der Waals surface area (Å²) in [7, 11) is 4.05. The van der Waals surface area contributed by atoms with Gasteiger partial charge in [0, 0.05) is 6.54 Å². The van der Waals surface area contributed by atoms with Crippen LogP contribution < -0.4 is 10.5 Å². The van der Waals surface area contributed by atoms with E-state index in [1.165, 1.54) is 11.9 Å². The van der Waals surface area contributed by atoms with Gasteiger partial charge >= 0.3 is 5.97 Å². The lowest BCUT2D eigenvalue weighted by molar-refractivity contribution is -0.156. The lowest BCUT2D eigenvalue weighted by Gasteiger charge is -2.16. The molecule has 0 aliphatic carbocycles. The van der Waals surface area contributed by atoms with Crippen LogP contribution in [0.4, 0.5) is 5.95 Å². The zero-order chi connectivity index (χ0) is 21.9. The molecule has 0 radical (unpaired) electrons. The highest BCUT2D eigenvalue weighted by Crippen LogP contribution is 2.24. The number of anilines is 1. The first-order valence-electron chi connectivity index (χ1n) is 9.64. The zero-order valence-corrected chi connectivity index (χ0v) is 18.0. The Morgan fingerprint density at radius 3 is 2.63 bits per heavy atom. The third kappa shape index (κ3) is 5.24. The Hall–Kier alpha value is -3.20. The van der Waals surface area contributed by atoms with Crippen LogP contribution in [0.25, 0.3) is 11.2 Å². The summed E-state index contributed by atoms with van der Waals surface area (Å²) in [5, 5.41) is 0. The van der Waals surface area contributed by atoms with Gasteiger partial charge in [-0.25, -0.2) is 4.98 Å². The van der Waals surface area contributed by atoms with E-state index in [4.69, 9.17) is 15.2 Å². The fourth-order valence-electron chi connectivity index (χ4n) is 2.81. The number of imidazole rings is 1. The van der Waals surface area contributed by atoms with Crippen molar-refractivity contribution in [3.05, 3.63) is 41.7 Å². The van der Waals surface area contributed by atoms with Crippen molar-refractivity contribution in [3.63, 3.8) is 0 Å². The molecule has 30 heavy (non-hydrogen) atoms. The molecule has 1 aromatic carbocycles. The maximum absolute atomic E-state index is 12.0. The van der Waals surface area contributed by atoms with E-state index in [2.05, 4.69) is 32.0 Å². The van der Waals surface area contributed by atoms with E-state index >= 15 is 0 Å². The molecule has 0 spiro atoms. The van der Waals surface area contributed by atoms with Gasteiger partial charge in [-0.3, -0.25) is 9.36 Å². The number of aromatic nitrogens is 4. The second kappa shape index (κ2) is 8.66. The van der Waals surface area contributed by atoms with Crippen LogP contribution in [0.15, 0.2) is 30.6 Å². The molecule has 3 aromatic rings. The maximum atomic E-state index is 12.0. The molecule has 0 unspecified atom stereocenters. The molecule has 0 atom stereocenters. The Kier molecular flexibility index (Phi) is 6.21. The Balaban J connectivity index is 1.77. The second-order valence-corrected chi connectivity index (χ2v) is 8.43. The average molecular weight is 412 g/mol. The average Bonchev–Trinajstić information content (AvgIpc) is 3.06. The van der Waals surface area contributed by atoms with Crippen LogP contribution in [0.5, 0.6) is 5.88 Å². The highest BCUT2D eigenvalue weighted by atomic mass is 16.5. The third-order valence-corrected chi connectivity index (χ3v) is 4.26. The van der Waals surface area contributed by atoms with Crippen molar-refractivity contribution < 1.29 is 14.3 Å². The van der Waals surface area contributed by atoms with Crippen molar-refractivity contribution in [1.29, 1.82) is 0 Å². The maximum Gasteiger partial charge on any atom is 0.312 e. The van der Waals surface area contributed by atoms with Gasteiger partial charge in [0.1, 0.15) is 12.9 Å². The standard InChI is InChI=1S/C21H28N6O3/c1-21(2,3)19(28)30-13-27-12-23-16-17(27)24-20(22)25-18(16)29-11-15-8-6-7-14(9-15)10-26(4)5/h6-9,12H,10-11,13H2,1-5H3,(H2,22,24,25). The summed E-state index contributed by atoms with van der Waals surface area (Å²) in [4.78, 5) is 26.9. The van der Waals surface area contributed by atoms with Gasteiger partial charge in [0.15, 0.2) is 17.9 Å². The quantitative estimate of drug-likeness (QED) is 0.590. The number of hydrogen-bond donors (Lipinski definition) is 1. The van der Waals surface area contributed by atoms with Crippen molar-refractivity contribution in [3.8, 4) is 5.88 Å². The number of ether oxygens (including phenoxy) is 2. The van der Waals surface area contributed by atoms with E-state index < -0.39 is 5.41 Å². The number of nitrogens with zero attached hydrogens (tertiary/aromatic N) is 5. The monoisotopic (exact) mass is 412 g/mol. The van der Waals surface area contributed by atoms with Crippen LogP contribution in [0.1, 0.15) is 31.9 Å². The molecular weight excluding hydrogens is 384 g/mol.